The summed E-state index contributed by atoms with van der Waals surface area (Å²) in [6.07, 6.45) is -0.794. The number of hydrogen-bond acceptors (Lipinski definition) is 5. The Hall–Kier alpha value is -2.08. The molecule has 0 fully saturated rings. The number of ether oxygens (including phenoxy) is 3. The van der Waals surface area contributed by atoms with Crippen LogP contribution in [0.2, 0.25) is 0 Å². The van der Waals surface area contributed by atoms with Gasteiger partial charge in [0.1, 0.15) is 5.75 Å². The van der Waals surface area contributed by atoms with Gasteiger partial charge in [-0.25, -0.2) is 4.79 Å². The minimum atomic E-state index is -0.794. The van der Waals surface area contributed by atoms with E-state index < -0.39 is 12.1 Å². The fourth-order valence-corrected chi connectivity index (χ4v) is 1.88. The van der Waals surface area contributed by atoms with E-state index in [0.717, 1.165) is 0 Å². The van der Waals surface area contributed by atoms with Crippen LogP contribution in [0.3, 0.4) is 0 Å². The zero-order chi connectivity index (χ0) is 18.2. The first-order valence-corrected chi connectivity index (χ1v) is 7.93. The number of carbonyl (C=O) groups is 2. The van der Waals surface area contributed by atoms with Gasteiger partial charge in [0.05, 0.1) is 6.61 Å². The molecular formula is C18H27NO5. The summed E-state index contributed by atoms with van der Waals surface area (Å²) in [6, 6.07) is 7.58. The minimum Gasteiger partial charge on any atom is -0.479 e. The molecule has 0 heterocycles. The van der Waals surface area contributed by atoms with E-state index in [2.05, 4.69) is 26.1 Å². The highest BCUT2D eigenvalue weighted by Gasteiger charge is 2.18. The van der Waals surface area contributed by atoms with Crippen LogP contribution in [0.5, 0.6) is 5.75 Å². The normalized spacial score (nSPS) is 12.4. The number of rotatable bonds is 8. The molecule has 0 aromatic heterocycles. The molecule has 1 N–H and O–H groups in total. The van der Waals surface area contributed by atoms with Crippen molar-refractivity contribution in [3.8, 4) is 5.75 Å². The maximum Gasteiger partial charge on any atom is 0.347 e. The Morgan fingerprint density at radius 2 is 1.79 bits per heavy atom. The number of nitrogens with one attached hydrogen (secondary N) is 1. The molecule has 1 aromatic rings. The number of benzene rings is 1. The van der Waals surface area contributed by atoms with Crippen LogP contribution in [0.1, 0.15) is 33.3 Å². The molecule has 1 rings (SSSR count). The van der Waals surface area contributed by atoms with Crippen molar-refractivity contribution in [2.24, 2.45) is 0 Å². The predicted octanol–water partition coefficient (Wildman–Crippen LogP) is 2.06. The van der Waals surface area contributed by atoms with Crippen molar-refractivity contribution in [1.82, 2.24) is 5.32 Å². The summed E-state index contributed by atoms with van der Waals surface area (Å²) in [7, 11) is 1.54. The average molecular weight is 337 g/mol. The Kier molecular flexibility index (Phi) is 7.71. The Morgan fingerprint density at radius 3 is 2.33 bits per heavy atom. The highest BCUT2D eigenvalue weighted by atomic mass is 16.6. The molecule has 6 nitrogen and oxygen atoms in total. The lowest BCUT2D eigenvalue weighted by molar-refractivity contribution is -0.154. The van der Waals surface area contributed by atoms with E-state index in [1.165, 1.54) is 5.56 Å². The van der Waals surface area contributed by atoms with Crippen LogP contribution >= 0.6 is 0 Å². The average Bonchev–Trinajstić information content (AvgIpc) is 2.52. The van der Waals surface area contributed by atoms with Gasteiger partial charge in [-0.1, -0.05) is 32.9 Å². The Bertz CT molecular complexity index is 533. The summed E-state index contributed by atoms with van der Waals surface area (Å²) >= 11 is 0. The van der Waals surface area contributed by atoms with E-state index in [4.69, 9.17) is 14.2 Å². The largest absolute Gasteiger partial charge is 0.479 e. The summed E-state index contributed by atoms with van der Waals surface area (Å²) < 4.78 is 15.3. The second-order valence-corrected chi connectivity index (χ2v) is 6.48. The van der Waals surface area contributed by atoms with Gasteiger partial charge in [-0.15, -0.1) is 0 Å². The van der Waals surface area contributed by atoms with Crippen molar-refractivity contribution in [3.05, 3.63) is 29.8 Å². The summed E-state index contributed by atoms with van der Waals surface area (Å²) in [5, 5.41) is 2.57. The van der Waals surface area contributed by atoms with Crippen molar-refractivity contribution in [1.29, 1.82) is 0 Å². The monoisotopic (exact) mass is 337 g/mol. The summed E-state index contributed by atoms with van der Waals surface area (Å²) in [6.45, 7) is 8.41. The van der Waals surface area contributed by atoms with E-state index in [1.54, 1.807) is 14.0 Å². The van der Waals surface area contributed by atoms with Crippen molar-refractivity contribution < 1.29 is 23.8 Å². The number of carbonyl (C=O) groups excluding carboxylic acids is 2. The maximum atomic E-state index is 11.9. The lowest BCUT2D eigenvalue weighted by atomic mass is 9.87. The first kappa shape index (κ1) is 20.0. The van der Waals surface area contributed by atoms with Gasteiger partial charge in [-0.05, 0) is 30.0 Å². The SMILES string of the molecule is COCCNC(=O)COC(=O)[C@@H](C)Oc1ccc(C(C)(C)C)cc1. The Balaban J connectivity index is 2.42. The molecule has 0 aliphatic rings. The molecule has 0 unspecified atom stereocenters. The molecule has 1 amide bonds. The topological polar surface area (TPSA) is 73.9 Å². The van der Waals surface area contributed by atoms with Gasteiger partial charge in [-0.2, -0.15) is 0 Å². The molecule has 0 spiro atoms. The first-order chi connectivity index (χ1) is 11.2. The third kappa shape index (κ3) is 7.00. The summed E-state index contributed by atoms with van der Waals surface area (Å²) in [5.74, 6) is -0.379. The van der Waals surface area contributed by atoms with Crippen molar-refractivity contribution in [2.45, 2.75) is 39.2 Å². The summed E-state index contributed by atoms with van der Waals surface area (Å²) in [5.41, 5.74) is 1.23. The van der Waals surface area contributed by atoms with Crippen molar-refractivity contribution in [3.63, 3.8) is 0 Å². The van der Waals surface area contributed by atoms with E-state index >= 15 is 0 Å². The maximum absolute atomic E-state index is 11.9. The molecule has 0 radical (unpaired) electrons. The van der Waals surface area contributed by atoms with Crippen LogP contribution < -0.4 is 10.1 Å². The zero-order valence-electron chi connectivity index (χ0n) is 15.0. The molecule has 1 atom stereocenters. The van der Waals surface area contributed by atoms with Crippen LogP contribution in [0, 0.1) is 0 Å². The molecular weight excluding hydrogens is 310 g/mol. The van der Waals surface area contributed by atoms with E-state index in [1.807, 2.05) is 24.3 Å². The highest BCUT2D eigenvalue weighted by molar-refractivity contribution is 5.81. The highest BCUT2D eigenvalue weighted by Crippen LogP contribution is 2.24. The number of methoxy groups -OCH3 is 1. The van der Waals surface area contributed by atoms with Gasteiger partial charge in [0.2, 0.25) is 0 Å². The van der Waals surface area contributed by atoms with Crippen LogP contribution in [0.15, 0.2) is 24.3 Å². The molecule has 0 saturated carbocycles. The van der Waals surface area contributed by atoms with Gasteiger partial charge >= 0.3 is 5.97 Å². The Labute approximate surface area is 143 Å². The number of hydrogen-bond donors (Lipinski definition) is 1. The van der Waals surface area contributed by atoms with Crippen LogP contribution in [-0.4, -0.2) is 44.8 Å². The Morgan fingerprint density at radius 1 is 1.17 bits per heavy atom. The number of esters is 1. The van der Waals surface area contributed by atoms with Gasteiger partial charge in [-0.3, -0.25) is 4.79 Å². The molecule has 0 saturated heterocycles. The predicted molar refractivity (Wildman–Crippen MR) is 91.1 cm³/mol. The van der Waals surface area contributed by atoms with Crippen molar-refractivity contribution in [2.75, 3.05) is 26.9 Å². The molecule has 0 aliphatic heterocycles. The summed E-state index contributed by atoms with van der Waals surface area (Å²) in [4.78, 5) is 23.3. The molecule has 0 bridgehead atoms. The molecule has 134 valence electrons. The molecule has 6 heteroatoms. The lowest BCUT2D eigenvalue weighted by Crippen LogP contribution is -2.34. The quantitative estimate of drug-likeness (QED) is 0.580. The lowest BCUT2D eigenvalue weighted by Gasteiger charge is -2.20. The van der Waals surface area contributed by atoms with Gasteiger partial charge in [0, 0.05) is 13.7 Å². The van der Waals surface area contributed by atoms with Gasteiger partial charge < -0.3 is 19.5 Å². The third-order valence-electron chi connectivity index (χ3n) is 3.34. The molecule has 24 heavy (non-hydrogen) atoms. The first-order valence-electron chi connectivity index (χ1n) is 7.93. The number of amides is 1. The standard InChI is InChI=1S/C18H27NO5/c1-13(17(21)23-12-16(20)19-10-11-22-5)24-15-8-6-14(7-9-15)18(2,3)4/h6-9,13H,10-12H2,1-5H3,(H,19,20)/t13-/m1/s1. The van der Waals surface area contributed by atoms with Crippen molar-refractivity contribution >= 4 is 11.9 Å². The third-order valence-corrected chi connectivity index (χ3v) is 3.34. The van der Waals surface area contributed by atoms with E-state index in [0.29, 0.717) is 18.9 Å². The molecule has 1 aromatic carbocycles. The fraction of sp³-hybridized carbons (Fsp3) is 0.556. The van der Waals surface area contributed by atoms with Crippen LogP contribution in [0.4, 0.5) is 0 Å². The van der Waals surface area contributed by atoms with Crippen LogP contribution in [-0.2, 0) is 24.5 Å². The van der Waals surface area contributed by atoms with E-state index in [-0.39, 0.29) is 17.9 Å². The second kappa shape index (κ2) is 9.27. The van der Waals surface area contributed by atoms with Gasteiger partial charge in [0.25, 0.3) is 5.91 Å². The van der Waals surface area contributed by atoms with Gasteiger partial charge in [0.15, 0.2) is 12.7 Å². The zero-order valence-corrected chi connectivity index (χ0v) is 15.0. The van der Waals surface area contributed by atoms with E-state index in [9.17, 15) is 9.59 Å². The fourth-order valence-electron chi connectivity index (χ4n) is 1.88. The van der Waals surface area contributed by atoms with Crippen LogP contribution in [0.25, 0.3) is 0 Å². The second-order valence-electron chi connectivity index (χ2n) is 6.48. The molecule has 0 aliphatic carbocycles. The smallest absolute Gasteiger partial charge is 0.347 e. The minimum absolute atomic E-state index is 0.0548.